The lowest BCUT2D eigenvalue weighted by Gasteiger charge is -2.14. The van der Waals surface area contributed by atoms with Gasteiger partial charge in [0.25, 0.3) is 0 Å². The van der Waals surface area contributed by atoms with Crippen LogP contribution in [-0.4, -0.2) is 13.0 Å². The van der Waals surface area contributed by atoms with Crippen LogP contribution in [0.1, 0.15) is 34.6 Å². The van der Waals surface area contributed by atoms with Gasteiger partial charge in [0, 0.05) is 12.5 Å². The van der Waals surface area contributed by atoms with E-state index in [2.05, 4.69) is 5.32 Å². The van der Waals surface area contributed by atoms with Crippen molar-refractivity contribution in [2.75, 3.05) is 7.05 Å². The minimum atomic E-state index is -0.241. The van der Waals surface area contributed by atoms with E-state index < -0.39 is 0 Å². The maximum atomic E-state index is 10.7. The smallest absolute Gasteiger partial charge is 0.225 e. The van der Waals surface area contributed by atoms with Gasteiger partial charge in [-0.1, -0.05) is 34.6 Å². The van der Waals surface area contributed by atoms with Crippen LogP contribution >= 0.6 is 0 Å². The van der Waals surface area contributed by atoms with Gasteiger partial charge in [0.2, 0.25) is 5.91 Å². The predicted molar refractivity (Wildman–Crippen MR) is 44.9 cm³/mol. The summed E-state index contributed by atoms with van der Waals surface area (Å²) in [5, 5.41) is 2.57. The Morgan fingerprint density at radius 2 is 1.50 bits per heavy atom. The molecule has 0 spiro atoms. The quantitative estimate of drug-likeness (QED) is 0.553. The van der Waals surface area contributed by atoms with E-state index in [4.69, 9.17) is 0 Å². The molecule has 0 aliphatic heterocycles. The summed E-state index contributed by atoms with van der Waals surface area (Å²) in [6.07, 6.45) is 0. The molecule has 0 aromatic carbocycles. The molecule has 0 atom stereocenters. The third-order valence-electron chi connectivity index (χ3n) is 0.908. The zero-order chi connectivity index (χ0) is 8.78. The summed E-state index contributed by atoms with van der Waals surface area (Å²) >= 11 is 0. The number of carbonyl (C=O) groups is 1. The summed E-state index contributed by atoms with van der Waals surface area (Å²) in [5.41, 5.74) is -0.241. The zero-order valence-corrected chi connectivity index (χ0v) is 7.91. The Kier molecular flexibility index (Phi) is 6.42. The molecule has 0 bridgehead atoms. The fourth-order valence-corrected chi connectivity index (χ4v) is 0.375. The molecular formula is C8H19NO. The summed E-state index contributed by atoms with van der Waals surface area (Å²) in [5.74, 6) is 0.0810. The molecular weight excluding hydrogens is 126 g/mol. The molecule has 0 unspecified atom stereocenters. The molecule has 0 saturated heterocycles. The summed E-state index contributed by atoms with van der Waals surface area (Å²) in [4.78, 5) is 10.7. The van der Waals surface area contributed by atoms with Crippen molar-refractivity contribution in [1.82, 2.24) is 5.32 Å². The van der Waals surface area contributed by atoms with E-state index in [1.165, 1.54) is 0 Å². The van der Waals surface area contributed by atoms with Crippen LogP contribution in [0.3, 0.4) is 0 Å². The Morgan fingerprint density at radius 3 is 1.50 bits per heavy atom. The van der Waals surface area contributed by atoms with Crippen LogP contribution in [0, 0.1) is 5.41 Å². The van der Waals surface area contributed by atoms with Crippen molar-refractivity contribution in [2.45, 2.75) is 34.6 Å². The first-order chi connectivity index (χ1) is 4.48. The van der Waals surface area contributed by atoms with Crippen molar-refractivity contribution < 1.29 is 4.79 Å². The summed E-state index contributed by atoms with van der Waals surface area (Å²) < 4.78 is 0. The summed E-state index contributed by atoms with van der Waals surface area (Å²) in [7, 11) is 1.65. The third kappa shape index (κ3) is 5.60. The van der Waals surface area contributed by atoms with E-state index in [1.807, 2.05) is 34.6 Å². The highest BCUT2D eigenvalue weighted by Gasteiger charge is 2.18. The van der Waals surface area contributed by atoms with Crippen LogP contribution in [0.25, 0.3) is 0 Å². The van der Waals surface area contributed by atoms with Gasteiger partial charge in [0.1, 0.15) is 0 Å². The fraction of sp³-hybridized carbons (Fsp3) is 0.875. The lowest BCUT2D eigenvalue weighted by atomic mass is 9.96. The van der Waals surface area contributed by atoms with E-state index in [1.54, 1.807) is 7.05 Å². The second kappa shape index (κ2) is 5.27. The molecule has 0 aromatic heterocycles. The molecule has 0 aliphatic rings. The molecule has 1 N–H and O–H groups in total. The average Bonchev–Trinajstić information content (AvgIpc) is 1.89. The van der Waals surface area contributed by atoms with E-state index in [0.717, 1.165) is 0 Å². The normalized spacial score (nSPS) is 9.40. The summed E-state index contributed by atoms with van der Waals surface area (Å²) in [6, 6.07) is 0. The van der Waals surface area contributed by atoms with Gasteiger partial charge in [-0.3, -0.25) is 4.79 Å². The van der Waals surface area contributed by atoms with Crippen molar-refractivity contribution >= 4 is 5.91 Å². The number of nitrogens with one attached hydrogen (secondary N) is 1. The monoisotopic (exact) mass is 145 g/mol. The molecule has 2 nitrogen and oxygen atoms in total. The first-order valence-electron chi connectivity index (χ1n) is 3.70. The molecule has 10 heavy (non-hydrogen) atoms. The number of amides is 1. The number of hydrogen-bond donors (Lipinski definition) is 1. The SMILES string of the molecule is CC.CNC(=O)C(C)(C)C. The highest BCUT2D eigenvalue weighted by Crippen LogP contribution is 2.11. The fourth-order valence-electron chi connectivity index (χ4n) is 0.375. The van der Waals surface area contributed by atoms with Crippen molar-refractivity contribution in [3.63, 3.8) is 0 Å². The van der Waals surface area contributed by atoms with Gasteiger partial charge in [-0.2, -0.15) is 0 Å². The highest BCUT2D eigenvalue weighted by molar-refractivity contribution is 5.80. The van der Waals surface area contributed by atoms with Crippen molar-refractivity contribution in [3.05, 3.63) is 0 Å². The Morgan fingerprint density at radius 1 is 1.20 bits per heavy atom. The zero-order valence-electron chi connectivity index (χ0n) is 7.91. The second-order valence-electron chi connectivity index (χ2n) is 2.83. The van der Waals surface area contributed by atoms with Crippen molar-refractivity contribution in [1.29, 1.82) is 0 Å². The van der Waals surface area contributed by atoms with E-state index in [9.17, 15) is 4.79 Å². The molecule has 62 valence electrons. The Labute approximate surface area is 64.0 Å². The van der Waals surface area contributed by atoms with Gasteiger partial charge >= 0.3 is 0 Å². The maximum absolute atomic E-state index is 10.7. The van der Waals surface area contributed by atoms with Crippen LogP contribution in [0.4, 0.5) is 0 Å². The summed E-state index contributed by atoms with van der Waals surface area (Å²) in [6.45, 7) is 9.64. The van der Waals surface area contributed by atoms with Crippen LogP contribution in [-0.2, 0) is 4.79 Å². The van der Waals surface area contributed by atoms with Gasteiger partial charge in [-0.15, -0.1) is 0 Å². The molecule has 1 amide bonds. The largest absolute Gasteiger partial charge is 0.359 e. The average molecular weight is 145 g/mol. The Balaban J connectivity index is 0. The number of hydrogen-bond acceptors (Lipinski definition) is 1. The lowest BCUT2D eigenvalue weighted by molar-refractivity contribution is -0.127. The van der Waals surface area contributed by atoms with Gasteiger partial charge in [0.15, 0.2) is 0 Å². The first kappa shape index (κ1) is 12.2. The molecule has 0 fully saturated rings. The minimum absolute atomic E-state index is 0.0810. The molecule has 2 heteroatoms. The molecule has 0 radical (unpaired) electrons. The van der Waals surface area contributed by atoms with Crippen LogP contribution in [0.15, 0.2) is 0 Å². The molecule has 0 saturated carbocycles. The second-order valence-corrected chi connectivity index (χ2v) is 2.83. The van der Waals surface area contributed by atoms with Crippen LogP contribution in [0.5, 0.6) is 0 Å². The van der Waals surface area contributed by atoms with Crippen LogP contribution in [0.2, 0.25) is 0 Å². The topological polar surface area (TPSA) is 29.1 Å². The van der Waals surface area contributed by atoms with Crippen molar-refractivity contribution in [2.24, 2.45) is 5.41 Å². The standard InChI is InChI=1S/C6H13NO.C2H6/c1-6(2,3)5(8)7-4;1-2/h1-4H3,(H,7,8);1-2H3. The van der Waals surface area contributed by atoms with Gasteiger partial charge < -0.3 is 5.32 Å². The number of rotatable bonds is 0. The van der Waals surface area contributed by atoms with E-state index in [-0.39, 0.29) is 11.3 Å². The van der Waals surface area contributed by atoms with E-state index >= 15 is 0 Å². The van der Waals surface area contributed by atoms with Crippen molar-refractivity contribution in [3.8, 4) is 0 Å². The van der Waals surface area contributed by atoms with Crippen LogP contribution < -0.4 is 5.32 Å². The van der Waals surface area contributed by atoms with Gasteiger partial charge in [-0.05, 0) is 0 Å². The lowest BCUT2D eigenvalue weighted by Crippen LogP contribution is -2.31. The third-order valence-corrected chi connectivity index (χ3v) is 0.908. The highest BCUT2D eigenvalue weighted by atomic mass is 16.2. The molecule has 0 aromatic rings. The molecule has 0 aliphatic carbocycles. The molecule has 0 rings (SSSR count). The maximum Gasteiger partial charge on any atom is 0.225 e. The Hall–Kier alpha value is -0.530. The van der Waals surface area contributed by atoms with E-state index in [0.29, 0.717) is 0 Å². The predicted octanol–water partition coefficient (Wildman–Crippen LogP) is 1.80. The Bertz CT molecular complexity index is 91.9. The first-order valence-corrected chi connectivity index (χ1v) is 3.70. The molecule has 0 heterocycles. The van der Waals surface area contributed by atoms with Gasteiger partial charge in [-0.25, -0.2) is 0 Å². The number of carbonyl (C=O) groups excluding carboxylic acids is 1. The minimum Gasteiger partial charge on any atom is -0.359 e. The van der Waals surface area contributed by atoms with Gasteiger partial charge in [0.05, 0.1) is 0 Å².